The number of hydrogen-bond acceptors (Lipinski definition) is 1. The summed E-state index contributed by atoms with van der Waals surface area (Å²) in [6, 6.07) is 43.9. The largest absolute Gasteiger partial charge is 0.136 e. The van der Waals surface area contributed by atoms with Gasteiger partial charge in [0.05, 0.1) is 23.0 Å². The molecular formula is C40H40SSi2. The van der Waals surface area contributed by atoms with Gasteiger partial charge in [0.15, 0.2) is 0 Å². The van der Waals surface area contributed by atoms with Crippen LogP contribution >= 0.6 is 11.3 Å². The van der Waals surface area contributed by atoms with Gasteiger partial charge in [-0.3, -0.25) is 0 Å². The van der Waals surface area contributed by atoms with Gasteiger partial charge in [-0.05, 0) is 55.6 Å². The van der Waals surface area contributed by atoms with Crippen LogP contribution < -0.4 is 5.19 Å². The molecule has 43 heavy (non-hydrogen) atoms. The number of benzene rings is 4. The van der Waals surface area contributed by atoms with Crippen LogP contribution in [-0.2, 0) is 10.8 Å². The third kappa shape index (κ3) is 4.70. The van der Waals surface area contributed by atoms with Crippen molar-refractivity contribution in [2.45, 2.75) is 51.2 Å². The Morgan fingerprint density at radius 1 is 0.674 bits per heavy atom. The molecule has 0 atom stereocenters. The number of allylic oxidation sites excluding steroid dienone is 2. The summed E-state index contributed by atoms with van der Waals surface area (Å²) in [6.07, 6.45) is 2.60. The molecule has 5 aromatic rings. The monoisotopic (exact) mass is 608 g/mol. The maximum atomic E-state index is 2.60. The zero-order chi connectivity index (χ0) is 30.0. The first-order valence-corrected chi connectivity index (χ1v) is 21.2. The lowest BCUT2D eigenvalue weighted by Gasteiger charge is -2.34. The molecule has 1 aliphatic heterocycles. The fourth-order valence-corrected chi connectivity index (χ4v) is 11.8. The van der Waals surface area contributed by atoms with E-state index in [1.54, 1.807) is 10.4 Å². The predicted octanol–water partition coefficient (Wildman–Crippen LogP) is 9.54. The number of rotatable bonds is 5. The maximum Gasteiger partial charge on any atom is 0.0906 e. The summed E-state index contributed by atoms with van der Waals surface area (Å²) in [5.41, 5.74) is 9.71. The van der Waals surface area contributed by atoms with Crippen LogP contribution in [0.25, 0.3) is 20.8 Å². The van der Waals surface area contributed by atoms with E-state index in [9.17, 15) is 0 Å². The van der Waals surface area contributed by atoms with E-state index in [0.717, 1.165) is 0 Å². The second-order valence-electron chi connectivity index (χ2n) is 14.2. The maximum absolute atomic E-state index is 2.60. The van der Waals surface area contributed by atoms with Crippen molar-refractivity contribution >= 4 is 44.5 Å². The fourth-order valence-electron chi connectivity index (χ4n) is 6.99. The minimum atomic E-state index is -1.42. The molecule has 2 heterocycles. The van der Waals surface area contributed by atoms with Crippen molar-refractivity contribution in [3.63, 3.8) is 0 Å². The van der Waals surface area contributed by atoms with Crippen molar-refractivity contribution in [2.24, 2.45) is 0 Å². The highest BCUT2D eigenvalue weighted by Crippen LogP contribution is 2.60. The molecule has 3 heteroatoms. The van der Waals surface area contributed by atoms with E-state index in [2.05, 4.69) is 162 Å². The molecule has 0 spiro atoms. The molecule has 2 aliphatic rings. The molecule has 214 valence electrons. The van der Waals surface area contributed by atoms with Crippen molar-refractivity contribution in [3.8, 4) is 10.4 Å². The third-order valence-corrected chi connectivity index (χ3v) is 15.0. The molecule has 0 unspecified atom stereocenters. The van der Waals surface area contributed by atoms with Crippen LogP contribution in [0.4, 0.5) is 0 Å². The van der Waals surface area contributed by atoms with Gasteiger partial charge in [0, 0.05) is 9.75 Å². The highest BCUT2D eigenvalue weighted by atomic mass is 32.1. The zero-order valence-corrected chi connectivity index (χ0v) is 29.4. The van der Waals surface area contributed by atoms with Crippen LogP contribution in [0.1, 0.15) is 53.5 Å². The molecular weight excluding hydrogens is 569 g/mol. The van der Waals surface area contributed by atoms with Crippen molar-refractivity contribution in [2.75, 3.05) is 0 Å². The van der Waals surface area contributed by atoms with Crippen molar-refractivity contribution in [1.29, 1.82) is 0 Å². The quantitative estimate of drug-likeness (QED) is 0.174. The summed E-state index contributed by atoms with van der Waals surface area (Å²) in [5, 5.41) is 4.72. The lowest BCUT2D eigenvalue weighted by atomic mass is 9.67. The molecule has 7 rings (SSSR count). The SMILES string of the molecule is CC(C)(C)c1cccc(C2=CC3=C([SiH2]2)c2sc(-c4cccc([Si](C)(C)C)c4)cc2C3(c2ccccc2)c2ccccc2)c1. The van der Waals surface area contributed by atoms with E-state index in [1.807, 2.05) is 11.3 Å². The Hall–Kier alpha value is -3.51. The summed E-state index contributed by atoms with van der Waals surface area (Å²) >= 11 is 2.03. The first kappa shape index (κ1) is 28.3. The van der Waals surface area contributed by atoms with E-state index in [1.165, 1.54) is 53.9 Å². The molecule has 0 amide bonds. The minimum Gasteiger partial charge on any atom is -0.136 e. The Balaban J connectivity index is 1.46. The van der Waals surface area contributed by atoms with E-state index < -0.39 is 17.6 Å². The summed E-state index contributed by atoms with van der Waals surface area (Å²) in [7, 11) is -2.12. The Morgan fingerprint density at radius 3 is 1.93 bits per heavy atom. The van der Waals surface area contributed by atoms with Gasteiger partial charge in [-0.15, -0.1) is 11.3 Å². The Bertz CT molecular complexity index is 1850. The van der Waals surface area contributed by atoms with Gasteiger partial charge < -0.3 is 0 Å². The lowest BCUT2D eigenvalue weighted by molar-refractivity contribution is 0.590. The predicted molar refractivity (Wildman–Crippen MR) is 194 cm³/mol. The molecule has 0 saturated carbocycles. The van der Waals surface area contributed by atoms with Crippen LogP contribution in [0, 0.1) is 0 Å². The minimum absolute atomic E-state index is 0.130. The van der Waals surface area contributed by atoms with Gasteiger partial charge in [0.25, 0.3) is 0 Å². The standard InChI is InChI=1S/C40H40SSi2/c1-39(2,3)31-21-13-16-28(23-31)36-26-34-38(42-36)37-33(25-35(41-37)27-15-14-22-32(24-27)43(4,5)6)40(34,29-17-9-7-10-18-29)30-19-11-8-12-20-30/h7-26H,42H2,1-6H3. The molecule has 1 aromatic heterocycles. The third-order valence-electron chi connectivity index (χ3n) is 9.35. The molecule has 4 aromatic carbocycles. The Morgan fingerprint density at radius 2 is 1.30 bits per heavy atom. The van der Waals surface area contributed by atoms with Gasteiger partial charge in [0.1, 0.15) is 0 Å². The smallest absolute Gasteiger partial charge is 0.0906 e. The van der Waals surface area contributed by atoms with E-state index in [0.29, 0.717) is 0 Å². The summed E-state index contributed by atoms with van der Waals surface area (Å²) in [4.78, 5) is 2.91. The van der Waals surface area contributed by atoms with Crippen LogP contribution in [-0.4, -0.2) is 17.6 Å². The molecule has 0 saturated heterocycles. The van der Waals surface area contributed by atoms with Gasteiger partial charge in [-0.1, -0.05) is 166 Å². The summed E-state index contributed by atoms with van der Waals surface area (Å²) in [6.45, 7) is 14.3. The van der Waals surface area contributed by atoms with Gasteiger partial charge in [-0.25, -0.2) is 0 Å². The van der Waals surface area contributed by atoms with E-state index in [-0.39, 0.29) is 10.8 Å². The summed E-state index contributed by atoms with van der Waals surface area (Å²) < 4.78 is 0. The van der Waals surface area contributed by atoms with Crippen molar-refractivity contribution in [3.05, 3.63) is 160 Å². The average molecular weight is 609 g/mol. The topological polar surface area (TPSA) is 0 Å². The second-order valence-corrected chi connectivity index (χ2v) is 22.2. The normalized spacial score (nSPS) is 16.4. The second kappa shape index (κ2) is 10.3. The molecule has 0 nitrogen and oxygen atoms in total. The molecule has 0 bridgehead atoms. The summed E-state index contributed by atoms with van der Waals surface area (Å²) in [5.74, 6) is 0. The first-order chi connectivity index (χ1) is 20.6. The highest BCUT2D eigenvalue weighted by molar-refractivity contribution is 7.18. The number of hydrogen-bond donors (Lipinski definition) is 0. The Kier molecular flexibility index (Phi) is 6.77. The van der Waals surface area contributed by atoms with Gasteiger partial charge in [0.2, 0.25) is 0 Å². The van der Waals surface area contributed by atoms with Crippen LogP contribution in [0.2, 0.25) is 19.6 Å². The first-order valence-electron chi connectivity index (χ1n) is 15.5. The Labute approximate surface area is 264 Å². The van der Waals surface area contributed by atoms with Crippen LogP contribution in [0.5, 0.6) is 0 Å². The van der Waals surface area contributed by atoms with Crippen molar-refractivity contribution < 1.29 is 0 Å². The van der Waals surface area contributed by atoms with E-state index >= 15 is 0 Å². The molecule has 0 radical (unpaired) electrons. The average Bonchev–Trinajstić information content (AvgIpc) is 3.69. The molecule has 1 aliphatic carbocycles. The zero-order valence-electron chi connectivity index (χ0n) is 26.2. The van der Waals surface area contributed by atoms with Crippen molar-refractivity contribution in [1.82, 2.24) is 0 Å². The number of fused-ring (bicyclic) bond motifs is 2. The van der Waals surface area contributed by atoms with Gasteiger partial charge in [-0.2, -0.15) is 0 Å². The highest BCUT2D eigenvalue weighted by Gasteiger charge is 2.50. The molecule has 0 N–H and O–H groups in total. The number of thiophene rings is 1. The van der Waals surface area contributed by atoms with E-state index in [4.69, 9.17) is 0 Å². The fraction of sp³-hybridized carbons (Fsp3) is 0.200. The lowest BCUT2D eigenvalue weighted by Crippen LogP contribution is -2.37. The van der Waals surface area contributed by atoms with Gasteiger partial charge >= 0.3 is 0 Å². The van der Waals surface area contributed by atoms with Crippen LogP contribution in [0.15, 0.2) is 127 Å². The van der Waals surface area contributed by atoms with Crippen LogP contribution in [0.3, 0.4) is 0 Å². The molecule has 0 fully saturated rings.